The summed E-state index contributed by atoms with van der Waals surface area (Å²) in [6.45, 7) is 0. The summed E-state index contributed by atoms with van der Waals surface area (Å²) >= 11 is 0. The van der Waals surface area contributed by atoms with Crippen LogP contribution >= 0.6 is 0 Å². The van der Waals surface area contributed by atoms with Gasteiger partial charge in [0, 0.05) is 47.0 Å². The minimum Gasteiger partial charge on any atom is -0.497 e. The summed E-state index contributed by atoms with van der Waals surface area (Å²) in [6, 6.07) is 44.8. The molecule has 5 aromatic carbocycles. The quantitative estimate of drug-likeness (QED) is 0.133. The number of hydrogen-bond donors (Lipinski definition) is 0. The molecule has 10 heteroatoms. The van der Waals surface area contributed by atoms with Crippen molar-refractivity contribution in [1.82, 2.24) is 39.9 Å². The van der Waals surface area contributed by atoms with Crippen molar-refractivity contribution >= 4 is 0 Å². The highest BCUT2D eigenvalue weighted by Gasteiger charge is 2.14. The molecule has 278 valence electrons. The Morgan fingerprint density at radius 2 is 0.621 bits per heavy atom. The molecule has 58 heavy (non-hydrogen) atoms. The van der Waals surface area contributed by atoms with E-state index >= 15 is 0 Å². The molecule has 0 spiro atoms. The molecule has 0 aliphatic heterocycles. The van der Waals surface area contributed by atoms with Crippen LogP contribution in [0.25, 0.3) is 90.3 Å². The van der Waals surface area contributed by atoms with E-state index in [9.17, 15) is 0 Å². The smallest absolute Gasteiger partial charge is 0.160 e. The molecule has 0 aliphatic carbocycles. The predicted octanol–water partition coefficient (Wildman–Crippen LogP) is 10.2. The van der Waals surface area contributed by atoms with Crippen molar-refractivity contribution in [1.29, 1.82) is 0 Å². The van der Waals surface area contributed by atoms with E-state index in [2.05, 4.69) is 92.7 Å². The second-order valence-electron chi connectivity index (χ2n) is 13.3. The van der Waals surface area contributed by atoms with E-state index in [1.165, 1.54) is 0 Å². The number of aromatic nitrogens is 8. The lowest BCUT2D eigenvalue weighted by Crippen LogP contribution is -1.97. The van der Waals surface area contributed by atoms with Crippen LogP contribution < -0.4 is 9.47 Å². The monoisotopic (exact) mass is 754 g/mol. The zero-order chi connectivity index (χ0) is 39.3. The molecule has 0 bridgehead atoms. The zero-order valence-electron chi connectivity index (χ0n) is 31.6. The van der Waals surface area contributed by atoms with Crippen molar-refractivity contribution in [2.75, 3.05) is 14.2 Å². The lowest BCUT2D eigenvalue weighted by molar-refractivity contribution is 0.414. The van der Waals surface area contributed by atoms with Gasteiger partial charge in [0.1, 0.15) is 22.9 Å². The predicted molar refractivity (Wildman–Crippen MR) is 225 cm³/mol. The van der Waals surface area contributed by atoms with Crippen LogP contribution in [-0.4, -0.2) is 54.1 Å². The van der Waals surface area contributed by atoms with Gasteiger partial charge >= 0.3 is 0 Å². The summed E-state index contributed by atoms with van der Waals surface area (Å²) in [5.74, 6) is 2.72. The molecule has 10 nitrogen and oxygen atoms in total. The summed E-state index contributed by atoms with van der Waals surface area (Å²) in [5.41, 5.74) is 12.4. The van der Waals surface area contributed by atoms with Crippen molar-refractivity contribution in [2.24, 2.45) is 0 Å². The van der Waals surface area contributed by atoms with Gasteiger partial charge in [-0.05, 0) is 82.9 Å². The van der Waals surface area contributed by atoms with E-state index in [-0.39, 0.29) is 0 Å². The molecule has 4 heterocycles. The molecule has 0 unspecified atom stereocenters. The maximum absolute atomic E-state index is 5.35. The first-order valence-corrected chi connectivity index (χ1v) is 18.5. The largest absolute Gasteiger partial charge is 0.497 e. The zero-order valence-corrected chi connectivity index (χ0v) is 31.6. The lowest BCUT2D eigenvalue weighted by atomic mass is 9.98. The molecule has 0 aliphatic rings. The van der Waals surface area contributed by atoms with Crippen LogP contribution in [0.15, 0.2) is 171 Å². The summed E-state index contributed by atoms with van der Waals surface area (Å²) in [6.07, 6.45) is 10.0. The summed E-state index contributed by atoms with van der Waals surface area (Å²) in [4.78, 5) is 37.1. The average molecular weight is 755 g/mol. The third-order valence-corrected chi connectivity index (χ3v) is 9.71. The third-order valence-electron chi connectivity index (χ3n) is 9.71. The molecule has 4 aromatic heterocycles. The van der Waals surface area contributed by atoms with Gasteiger partial charge in [-0.15, -0.1) is 0 Å². The fourth-order valence-electron chi connectivity index (χ4n) is 6.58. The Morgan fingerprint density at radius 3 is 0.931 bits per heavy atom. The fraction of sp³-hybridized carbons (Fsp3) is 0.0417. The molecule has 0 saturated heterocycles. The van der Waals surface area contributed by atoms with Gasteiger partial charge in [-0.25, -0.2) is 19.9 Å². The molecular weight excluding hydrogens is 721 g/mol. The molecule has 9 rings (SSSR count). The number of hydrogen-bond acceptors (Lipinski definition) is 10. The molecule has 9 aromatic rings. The van der Waals surface area contributed by atoms with Gasteiger partial charge in [0.2, 0.25) is 0 Å². The molecule has 0 N–H and O–H groups in total. The van der Waals surface area contributed by atoms with E-state index in [1.807, 2.05) is 60.7 Å². The van der Waals surface area contributed by atoms with E-state index in [1.54, 1.807) is 51.4 Å². The van der Waals surface area contributed by atoms with E-state index in [0.29, 0.717) is 34.4 Å². The number of benzene rings is 5. The molecule has 0 saturated carbocycles. The van der Waals surface area contributed by atoms with Crippen molar-refractivity contribution in [2.45, 2.75) is 0 Å². The van der Waals surface area contributed by atoms with Crippen molar-refractivity contribution in [3.05, 3.63) is 171 Å². The van der Waals surface area contributed by atoms with Crippen LogP contribution in [0.1, 0.15) is 0 Å². The SMILES string of the molecule is COc1ccc(-c2nc(-c3ccc(-c4ccc(-c5ccc(-c6cc(-c7cnccn7)nc(-c7ccc(OC)cc7)n6)cc5)cc4)cc3)cc(-c3cnccn3)n2)cc1. The number of nitrogens with zero attached hydrogens (tertiary/aromatic N) is 8. The molecular formula is C48H34N8O2. The highest BCUT2D eigenvalue weighted by Crippen LogP contribution is 2.32. The standard InChI is InChI=1S/C48H34N8O2/c1-57-39-19-15-37(16-20-39)47-53-41(27-43(55-47)45-29-49-23-25-51-45)35-11-7-33(8-12-35)31-3-5-32(6-4-31)34-9-13-36(14-10-34)42-28-44(46-30-50-24-26-52-46)56-48(54-42)38-17-21-40(58-2)22-18-38/h3-30H,1-2H3. The summed E-state index contributed by atoms with van der Waals surface area (Å²) in [5, 5.41) is 0. The first kappa shape index (κ1) is 35.7. The molecule has 0 fully saturated rings. The lowest BCUT2D eigenvalue weighted by Gasteiger charge is -2.11. The van der Waals surface area contributed by atoms with Crippen LogP contribution in [0.5, 0.6) is 11.5 Å². The Morgan fingerprint density at radius 1 is 0.310 bits per heavy atom. The summed E-state index contributed by atoms with van der Waals surface area (Å²) < 4.78 is 10.7. The highest BCUT2D eigenvalue weighted by molar-refractivity contribution is 5.77. The van der Waals surface area contributed by atoms with E-state index in [4.69, 9.17) is 29.4 Å². The molecule has 0 atom stereocenters. The van der Waals surface area contributed by atoms with E-state index < -0.39 is 0 Å². The van der Waals surface area contributed by atoms with Gasteiger partial charge in [-0.1, -0.05) is 72.8 Å². The first-order valence-electron chi connectivity index (χ1n) is 18.5. The van der Waals surface area contributed by atoms with Gasteiger partial charge in [-0.3, -0.25) is 19.9 Å². The number of methoxy groups -OCH3 is 2. The molecule has 0 amide bonds. The fourth-order valence-corrected chi connectivity index (χ4v) is 6.58. The topological polar surface area (TPSA) is 122 Å². The maximum Gasteiger partial charge on any atom is 0.160 e. The van der Waals surface area contributed by atoms with Gasteiger partial charge < -0.3 is 9.47 Å². The van der Waals surface area contributed by atoms with Gasteiger partial charge in [-0.2, -0.15) is 0 Å². The average Bonchev–Trinajstić information content (AvgIpc) is 3.32. The second-order valence-corrected chi connectivity index (χ2v) is 13.3. The van der Waals surface area contributed by atoms with Gasteiger partial charge in [0.15, 0.2) is 11.6 Å². The van der Waals surface area contributed by atoms with Crippen LogP contribution in [0.3, 0.4) is 0 Å². The van der Waals surface area contributed by atoms with Gasteiger partial charge in [0.25, 0.3) is 0 Å². The first-order chi connectivity index (χ1) is 28.6. The maximum atomic E-state index is 5.35. The minimum absolute atomic E-state index is 0.593. The van der Waals surface area contributed by atoms with Gasteiger partial charge in [0.05, 0.1) is 49.4 Å². The van der Waals surface area contributed by atoms with Crippen molar-refractivity contribution < 1.29 is 9.47 Å². The van der Waals surface area contributed by atoms with Crippen LogP contribution in [0.2, 0.25) is 0 Å². The van der Waals surface area contributed by atoms with Crippen LogP contribution in [0.4, 0.5) is 0 Å². The Labute approximate surface area is 335 Å². The number of rotatable bonds is 10. The Hall–Kier alpha value is -7.98. The van der Waals surface area contributed by atoms with Crippen molar-refractivity contribution in [3.63, 3.8) is 0 Å². The minimum atomic E-state index is 0.593. The van der Waals surface area contributed by atoms with Crippen LogP contribution in [0, 0.1) is 0 Å². The second kappa shape index (κ2) is 16.0. The number of ether oxygens (including phenoxy) is 2. The Kier molecular flexibility index (Phi) is 9.86. The van der Waals surface area contributed by atoms with Crippen molar-refractivity contribution in [3.8, 4) is 102 Å². The Bertz CT molecular complexity index is 2610. The summed E-state index contributed by atoms with van der Waals surface area (Å²) in [7, 11) is 3.30. The highest BCUT2D eigenvalue weighted by atomic mass is 16.5. The van der Waals surface area contributed by atoms with Crippen LogP contribution in [-0.2, 0) is 0 Å². The Balaban J connectivity index is 0.965. The normalized spacial score (nSPS) is 10.9. The third kappa shape index (κ3) is 7.62. The van der Waals surface area contributed by atoms with E-state index in [0.717, 1.165) is 67.4 Å². The molecule has 0 radical (unpaired) electrons.